The number of pyridine rings is 1. The molecule has 0 saturated carbocycles. The summed E-state index contributed by atoms with van der Waals surface area (Å²) in [6.45, 7) is 1.86. The average molecular weight is 633 g/mol. The van der Waals surface area contributed by atoms with Gasteiger partial charge in [-0.1, -0.05) is 24.3 Å². The maximum absolute atomic E-state index is 13.7. The van der Waals surface area contributed by atoms with Crippen molar-refractivity contribution >= 4 is 39.8 Å². The molecule has 11 heteroatoms. The molecule has 0 spiro atoms. The molecule has 2 aliphatic heterocycles. The van der Waals surface area contributed by atoms with Crippen molar-refractivity contribution in [3.63, 3.8) is 0 Å². The Morgan fingerprint density at radius 1 is 0.809 bits per heavy atom. The van der Waals surface area contributed by atoms with Gasteiger partial charge in [0.15, 0.2) is 11.5 Å². The molecule has 0 aliphatic carbocycles. The van der Waals surface area contributed by atoms with E-state index in [4.69, 9.17) is 13.9 Å². The number of fused-ring (bicyclic) bond motifs is 5. The van der Waals surface area contributed by atoms with Crippen molar-refractivity contribution in [2.75, 3.05) is 42.8 Å². The van der Waals surface area contributed by atoms with E-state index in [2.05, 4.69) is 15.5 Å². The number of benzene rings is 3. The van der Waals surface area contributed by atoms with Crippen LogP contribution in [-0.2, 0) is 6.54 Å². The number of carbonyl (C=O) groups is 2. The van der Waals surface area contributed by atoms with Gasteiger partial charge in [0, 0.05) is 60.0 Å². The normalized spacial score (nSPS) is 16.7. The second kappa shape index (κ2) is 12.2. The zero-order valence-electron chi connectivity index (χ0n) is 25.8. The van der Waals surface area contributed by atoms with Gasteiger partial charge >= 0.3 is 5.63 Å². The Labute approximate surface area is 269 Å². The summed E-state index contributed by atoms with van der Waals surface area (Å²) in [5, 5.41) is 6.39. The molecule has 7 rings (SSSR count). The summed E-state index contributed by atoms with van der Waals surface area (Å²) < 4.78 is 17.9. The van der Waals surface area contributed by atoms with E-state index in [0.717, 1.165) is 12.1 Å². The number of rotatable bonds is 7. The summed E-state index contributed by atoms with van der Waals surface area (Å²) in [5.41, 5.74) is 2.30. The molecule has 2 amide bonds. The standard InChI is InChI=1S/C36H32N4O7/c1-45-31-13-11-25(17-32(31)46-2)37-34(42)23-10-12-29(39-18-21-14-24(20-39)28-7-5-9-33(41)40(28)19-21)27(16-23)38-35(43)26-15-22-6-3-4-8-30(22)47-36(26)44/h3-13,15-17,21,24H,14,18-20H2,1-2H3,(H,37,42)(H,38,43)/t21-,24+/m1/s1. The van der Waals surface area contributed by atoms with E-state index in [1.54, 1.807) is 72.8 Å². The van der Waals surface area contributed by atoms with E-state index in [0.29, 0.717) is 64.7 Å². The van der Waals surface area contributed by atoms with Gasteiger partial charge in [-0.3, -0.25) is 14.4 Å². The van der Waals surface area contributed by atoms with Gasteiger partial charge in [0.1, 0.15) is 11.1 Å². The molecule has 4 heterocycles. The highest BCUT2D eigenvalue weighted by molar-refractivity contribution is 6.09. The smallest absolute Gasteiger partial charge is 0.349 e. The number of nitrogens with zero attached hydrogens (tertiary/aromatic N) is 2. The van der Waals surface area contributed by atoms with Gasteiger partial charge in [-0.15, -0.1) is 0 Å². The predicted octanol–water partition coefficient (Wildman–Crippen LogP) is 5.10. The number of nitrogens with one attached hydrogen (secondary N) is 2. The molecule has 5 aromatic rings. The lowest BCUT2D eigenvalue weighted by Crippen LogP contribution is -2.47. The second-order valence-electron chi connectivity index (χ2n) is 11.8. The Morgan fingerprint density at radius 3 is 2.47 bits per heavy atom. The molecule has 2 N–H and O–H groups in total. The maximum atomic E-state index is 13.7. The van der Waals surface area contributed by atoms with E-state index in [1.807, 2.05) is 10.6 Å². The lowest BCUT2D eigenvalue weighted by atomic mass is 9.83. The fraction of sp³-hybridized carbons (Fsp3) is 0.222. The molecule has 0 radical (unpaired) electrons. The fourth-order valence-electron chi connectivity index (χ4n) is 6.67. The molecule has 11 nitrogen and oxygen atoms in total. The zero-order chi connectivity index (χ0) is 32.7. The molecular weight excluding hydrogens is 600 g/mol. The van der Waals surface area contributed by atoms with Gasteiger partial charge < -0.3 is 34.0 Å². The molecule has 238 valence electrons. The van der Waals surface area contributed by atoms with Crippen molar-refractivity contribution in [1.82, 2.24) is 4.57 Å². The highest BCUT2D eigenvalue weighted by atomic mass is 16.5. The van der Waals surface area contributed by atoms with Crippen molar-refractivity contribution in [2.45, 2.75) is 18.9 Å². The third kappa shape index (κ3) is 5.71. The Bertz CT molecular complexity index is 2150. The monoisotopic (exact) mass is 632 g/mol. The average Bonchev–Trinajstić information content (AvgIpc) is 3.08. The van der Waals surface area contributed by atoms with Crippen LogP contribution in [0.2, 0.25) is 0 Å². The van der Waals surface area contributed by atoms with Crippen LogP contribution in [0.3, 0.4) is 0 Å². The number of para-hydroxylation sites is 1. The summed E-state index contributed by atoms with van der Waals surface area (Å²) in [6, 6.07) is 24.0. The number of piperidine rings is 1. The van der Waals surface area contributed by atoms with Gasteiger partial charge in [0.05, 0.1) is 25.6 Å². The van der Waals surface area contributed by atoms with Crippen LogP contribution in [0.5, 0.6) is 11.5 Å². The van der Waals surface area contributed by atoms with Crippen LogP contribution in [0.1, 0.15) is 38.7 Å². The number of hydrogen-bond donors (Lipinski definition) is 2. The largest absolute Gasteiger partial charge is 0.493 e. The minimum Gasteiger partial charge on any atom is -0.493 e. The van der Waals surface area contributed by atoms with Crippen LogP contribution in [0.25, 0.3) is 11.0 Å². The summed E-state index contributed by atoms with van der Waals surface area (Å²) in [5.74, 6) is 0.246. The minimum absolute atomic E-state index is 0.00216. The highest BCUT2D eigenvalue weighted by Crippen LogP contribution is 2.39. The number of amides is 2. The van der Waals surface area contributed by atoms with Gasteiger partial charge in [-0.25, -0.2) is 4.79 Å². The van der Waals surface area contributed by atoms with Crippen LogP contribution in [0, 0.1) is 5.92 Å². The maximum Gasteiger partial charge on any atom is 0.349 e. The Hall–Kier alpha value is -5.84. The van der Waals surface area contributed by atoms with E-state index >= 15 is 0 Å². The molecular formula is C36H32N4O7. The predicted molar refractivity (Wildman–Crippen MR) is 178 cm³/mol. The SMILES string of the molecule is COc1ccc(NC(=O)c2ccc(N3C[C@H]4C[C@@H](C3)c3cccc(=O)n3C4)c(NC(=O)c3cc4ccccc4oc3=O)c2)cc1OC. The van der Waals surface area contributed by atoms with Crippen LogP contribution in [0.4, 0.5) is 17.1 Å². The third-order valence-corrected chi connectivity index (χ3v) is 8.85. The Kier molecular flexibility index (Phi) is 7.72. The van der Waals surface area contributed by atoms with Gasteiger partial charge in [0.25, 0.3) is 17.4 Å². The molecule has 2 aromatic heterocycles. The van der Waals surface area contributed by atoms with E-state index < -0.39 is 17.4 Å². The molecule has 0 unspecified atom stereocenters. The van der Waals surface area contributed by atoms with E-state index in [9.17, 15) is 19.2 Å². The molecule has 2 atom stereocenters. The lowest BCUT2D eigenvalue weighted by Gasteiger charge is -2.44. The number of hydrogen-bond acceptors (Lipinski definition) is 8. The number of carbonyl (C=O) groups excluding carboxylic acids is 2. The molecule has 3 aromatic carbocycles. The summed E-state index contributed by atoms with van der Waals surface area (Å²) in [7, 11) is 3.04. The van der Waals surface area contributed by atoms with E-state index in [1.165, 1.54) is 20.3 Å². The molecule has 47 heavy (non-hydrogen) atoms. The Morgan fingerprint density at radius 2 is 1.64 bits per heavy atom. The van der Waals surface area contributed by atoms with E-state index in [-0.39, 0.29) is 23.0 Å². The third-order valence-electron chi connectivity index (χ3n) is 8.85. The number of ether oxygens (including phenoxy) is 2. The topological polar surface area (TPSA) is 132 Å². The first-order chi connectivity index (χ1) is 22.8. The van der Waals surface area contributed by atoms with Crippen LogP contribution >= 0.6 is 0 Å². The summed E-state index contributed by atoms with van der Waals surface area (Å²) in [6.07, 6.45) is 0.950. The number of anilines is 3. The molecule has 2 bridgehead atoms. The van der Waals surface area contributed by atoms with Crippen molar-refractivity contribution in [1.29, 1.82) is 0 Å². The van der Waals surface area contributed by atoms with Crippen LogP contribution in [-0.4, -0.2) is 43.7 Å². The first kappa shape index (κ1) is 29.8. The number of methoxy groups -OCH3 is 2. The Balaban J connectivity index is 1.23. The van der Waals surface area contributed by atoms with Gasteiger partial charge in [-0.2, -0.15) is 0 Å². The second-order valence-corrected chi connectivity index (χ2v) is 11.8. The minimum atomic E-state index is -0.764. The van der Waals surface area contributed by atoms with Gasteiger partial charge in [0.2, 0.25) is 0 Å². The zero-order valence-corrected chi connectivity index (χ0v) is 25.8. The molecule has 1 fully saturated rings. The fourth-order valence-corrected chi connectivity index (χ4v) is 6.67. The van der Waals surface area contributed by atoms with Crippen LogP contribution in [0.15, 0.2) is 98.9 Å². The molecule has 1 saturated heterocycles. The van der Waals surface area contributed by atoms with Crippen LogP contribution < -0.4 is 36.2 Å². The first-order valence-electron chi connectivity index (χ1n) is 15.3. The van der Waals surface area contributed by atoms with Crippen molar-refractivity contribution < 1.29 is 23.5 Å². The lowest BCUT2D eigenvalue weighted by molar-refractivity contribution is 0.101. The highest BCUT2D eigenvalue weighted by Gasteiger charge is 2.35. The van der Waals surface area contributed by atoms with Crippen molar-refractivity contribution in [3.05, 3.63) is 123 Å². The summed E-state index contributed by atoms with van der Waals surface area (Å²) >= 11 is 0. The number of aromatic nitrogens is 1. The summed E-state index contributed by atoms with van der Waals surface area (Å²) in [4.78, 5) is 54.8. The van der Waals surface area contributed by atoms with Crippen molar-refractivity contribution in [2.24, 2.45) is 5.92 Å². The first-order valence-corrected chi connectivity index (χ1v) is 15.3. The van der Waals surface area contributed by atoms with Crippen molar-refractivity contribution in [3.8, 4) is 11.5 Å². The van der Waals surface area contributed by atoms with Gasteiger partial charge in [-0.05, 0) is 60.9 Å². The molecule has 2 aliphatic rings. The quantitative estimate of drug-likeness (QED) is 0.237.